The van der Waals surface area contributed by atoms with Crippen molar-refractivity contribution in [3.63, 3.8) is 0 Å². The lowest BCUT2D eigenvalue weighted by molar-refractivity contribution is -0.198. The molecule has 5 rings (SSSR count). The molecule has 1 amide bonds. The van der Waals surface area contributed by atoms with E-state index in [1.165, 1.54) is 22.2 Å². The molecule has 0 radical (unpaired) electrons. The van der Waals surface area contributed by atoms with Crippen molar-refractivity contribution in [2.24, 2.45) is 0 Å². The van der Waals surface area contributed by atoms with Crippen molar-refractivity contribution < 1.29 is 32.2 Å². The molecule has 3 fully saturated rings. The quantitative estimate of drug-likeness (QED) is 0.534. The van der Waals surface area contributed by atoms with Crippen LogP contribution in [0.25, 0.3) is 11.0 Å². The Bertz CT molecular complexity index is 1260. The Morgan fingerprint density at radius 1 is 1.28 bits per heavy atom. The average molecular weight is 545 g/mol. The topological polar surface area (TPSA) is 147 Å². The van der Waals surface area contributed by atoms with E-state index in [0.717, 1.165) is 31.9 Å². The van der Waals surface area contributed by atoms with E-state index in [9.17, 15) is 13.2 Å². The van der Waals surface area contributed by atoms with Crippen LogP contribution in [0.5, 0.6) is 5.88 Å². The predicted molar refractivity (Wildman–Crippen MR) is 127 cm³/mol. The lowest BCUT2D eigenvalue weighted by Crippen LogP contribution is -2.40. The maximum absolute atomic E-state index is 12.5. The number of likely N-dealkylation sites (N-methyl/N-ethyl adjacent to an activating group) is 1. The van der Waals surface area contributed by atoms with Crippen LogP contribution in [-0.4, -0.2) is 88.6 Å². The molecule has 198 valence electrons. The lowest BCUT2D eigenvalue weighted by atomic mass is 10.1. The fraction of sp³-hybridized carbons (Fsp3) is 0.714. The van der Waals surface area contributed by atoms with E-state index < -0.39 is 46.4 Å². The van der Waals surface area contributed by atoms with E-state index in [0.29, 0.717) is 5.39 Å². The highest BCUT2D eigenvalue weighted by Gasteiger charge is 2.57. The Kier molecular flexibility index (Phi) is 6.62. The van der Waals surface area contributed by atoms with Gasteiger partial charge in [0.05, 0.1) is 12.5 Å². The Hall–Kier alpha value is -2.10. The first kappa shape index (κ1) is 25.5. The van der Waals surface area contributed by atoms with Gasteiger partial charge < -0.3 is 24.3 Å². The molecule has 2 aromatic heterocycles. The number of ether oxygens (including phenoxy) is 4. The summed E-state index contributed by atoms with van der Waals surface area (Å²) in [6.45, 7) is 3.60. The molecule has 0 aromatic carbocycles. The van der Waals surface area contributed by atoms with Crippen molar-refractivity contribution >= 4 is 38.8 Å². The van der Waals surface area contributed by atoms with Gasteiger partial charge in [-0.25, -0.2) is 22.2 Å². The number of fused-ring (bicyclic) bond motifs is 2. The van der Waals surface area contributed by atoms with E-state index in [1.54, 1.807) is 13.8 Å². The van der Waals surface area contributed by atoms with Crippen LogP contribution in [0, 0.1) is 0 Å². The maximum atomic E-state index is 12.5. The molecule has 4 atom stereocenters. The summed E-state index contributed by atoms with van der Waals surface area (Å²) in [5.74, 6) is -0.944. The molecule has 0 unspecified atom stereocenters. The number of rotatable bonds is 6. The maximum Gasteiger partial charge on any atom is 0.414 e. The van der Waals surface area contributed by atoms with Crippen molar-refractivity contribution in [2.45, 2.75) is 75.9 Å². The standard InChI is InChI=1S/C21H29ClN6O7S/c1-21(2)34-14-13(10-27(3)36(4,30)31)32-18(15(14)35-21)28-16-12(9-23-28)17(26-19(22)25-16)33-20(29)24-11-7-5-6-8-11/h9,11,13-15,18H,5-8,10H2,1-4H3,(H,24,29)/t13-,14-,15-,18-/m1/s1. The number of aromatic nitrogens is 4. The van der Waals surface area contributed by atoms with E-state index in [2.05, 4.69) is 20.4 Å². The Morgan fingerprint density at radius 3 is 2.67 bits per heavy atom. The molecular formula is C21H29ClN6O7S. The van der Waals surface area contributed by atoms with Gasteiger partial charge in [-0.2, -0.15) is 15.1 Å². The monoisotopic (exact) mass is 544 g/mol. The van der Waals surface area contributed by atoms with Crippen LogP contribution < -0.4 is 10.1 Å². The summed E-state index contributed by atoms with van der Waals surface area (Å²) in [4.78, 5) is 20.8. The summed E-state index contributed by atoms with van der Waals surface area (Å²) >= 11 is 6.17. The molecule has 0 spiro atoms. The van der Waals surface area contributed by atoms with Gasteiger partial charge in [0, 0.05) is 19.6 Å². The van der Waals surface area contributed by atoms with Crippen LogP contribution in [0.4, 0.5) is 4.79 Å². The second kappa shape index (κ2) is 9.33. The van der Waals surface area contributed by atoms with Gasteiger partial charge in [0.1, 0.15) is 23.7 Å². The first-order valence-electron chi connectivity index (χ1n) is 11.7. The second-order valence-corrected chi connectivity index (χ2v) is 12.2. The molecule has 0 bridgehead atoms. The van der Waals surface area contributed by atoms with Gasteiger partial charge in [0.2, 0.25) is 21.2 Å². The van der Waals surface area contributed by atoms with Gasteiger partial charge in [-0.15, -0.1) is 0 Å². The van der Waals surface area contributed by atoms with E-state index in [4.69, 9.17) is 30.5 Å². The summed E-state index contributed by atoms with van der Waals surface area (Å²) in [6, 6.07) is 0.0710. The molecule has 13 nitrogen and oxygen atoms in total. The minimum absolute atomic E-state index is 0.0291. The lowest BCUT2D eigenvalue weighted by Gasteiger charge is -2.26. The zero-order valence-corrected chi connectivity index (χ0v) is 22.0. The van der Waals surface area contributed by atoms with Crippen molar-refractivity contribution in [2.75, 3.05) is 19.8 Å². The number of carbonyl (C=O) groups excluding carboxylic acids is 1. The van der Waals surface area contributed by atoms with Gasteiger partial charge >= 0.3 is 6.09 Å². The summed E-state index contributed by atoms with van der Waals surface area (Å²) in [5.41, 5.74) is 0.271. The van der Waals surface area contributed by atoms with Crippen molar-refractivity contribution in [3.05, 3.63) is 11.5 Å². The van der Waals surface area contributed by atoms with E-state index >= 15 is 0 Å². The largest absolute Gasteiger partial charge is 0.414 e. The minimum Gasteiger partial charge on any atom is -0.390 e. The van der Waals surface area contributed by atoms with Crippen LogP contribution in [0.2, 0.25) is 5.28 Å². The van der Waals surface area contributed by atoms with Crippen LogP contribution in [0.3, 0.4) is 0 Å². The SMILES string of the molecule is CN(C[C@H]1O[C@@H](n2ncc3c(OC(=O)NC4CCCC4)nc(Cl)nc32)[C@@H]2OC(C)(C)O[C@@H]21)S(C)(=O)=O. The van der Waals surface area contributed by atoms with Crippen molar-refractivity contribution in [3.8, 4) is 5.88 Å². The van der Waals surface area contributed by atoms with E-state index in [1.807, 2.05) is 0 Å². The van der Waals surface area contributed by atoms with Gasteiger partial charge in [-0.1, -0.05) is 12.8 Å². The summed E-state index contributed by atoms with van der Waals surface area (Å²) in [5, 5.41) is 7.47. The number of carbonyl (C=O) groups is 1. The molecule has 1 N–H and O–H groups in total. The molecule has 36 heavy (non-hydrogen) atoms. The van der Waals surface area contributed by atoms with Crippen LogP contribution in [0.15, 0.2) is 6.20 Å². The molecule has 1 aliphatic carbocycles. The number of sulfonamides is 1. The normalized spacial score (nSPS) is 28.2. The fourth-order valence-electron chi connectivity index (χ4n) is 4.88. The van der Waals surface area contributed by atoms with Crippen LogP contribution in [-0.2, 0) is 24.2 Å². The van der Waals surface area contributed by atoms with Crippen LogP contribution >= 0.6 is 11.6 Å². The molecule has 3 aliphatic rings. The molecule has 1 saturated carbocycles. The third-order valence-corrected chi connectivity index (χ3v) is 8.08. The minimum atomic E-state index is -3.44. The molecule has 4 heterocycles. The van der Waals surface area contributed by atoms with Gasteiger partial charge in [0.25, 0.3) is 0 Å². The number of nitrogens with one attached hydrogen (secondary N) is 1. The van der Waals surface area contributed by atoms with Gasteiger partial charge in [-0.05, 0) is 38.3 Å². The first-order valence-corrected chi connectivity index (χ1v) is 14.0. The van der Waals surface area contributed by atoms with Gasteiger partial charge in [-0.3, -0.25) is 0 Å². The highest BCUT2D eigenvalue weighted by Crippen LogP contribution is 2.44. The Labute approximate surface area is 213 Å². The first-order chi connectivity index (χ1) is 16.9. The zero-order valence-electron chi connectivity index (χ0n) is 20.4. The number of halogens is 1. The molecule has 2 saturated heterocycles. The third kappa shape index (κ3) is 5.02. The van der Waals surface area contributed by atoms with Crippen LogP contribution in [0.1, 0.15) is 45.8 Å². The van der Waals surface area contributed by atoms with Crippen molar-refractivity contribution in [1.82, 2.24) is 29.4 Å². The molecular weight excluding hydrogens is 516 g/mol. The number of amides is 1. The zero-order chi connectivity index (χ0) is 25.8. The van der Waals surface area contributed by atoms with Gasteiger partial charge in [0.15, 0.2) is 17.7 Å². The Balaban J connectivity index is 1.43. The highest BCUT2D eigenvalue weighted by molar-refractivity contribution is 7.88. The number of hydrogen-bond acceptors (Lipinski definition) is 10. The number of hydrogen-bond donors (Lipinski definition) is 1. The summed E-state index contributed by atoms with van der Waals surface area (Å²) in [6.07, 6.45) is 3.29. The molecule has 2 aliphatic heterocycles. The molecule has 15 heteroatoms. The summed E-state index contributed by atoms with van der Waals surface area (Å²) in [7, 11) is -1.97. The second-order valence-electron chi connectivity index (χ2n) is 9.81. The third-order valence-electron chi connectivity index (χ3n) is 6.63. The highest BCUT2D eigenvalue weighted by atomic mass is 35.5. The fourth-order valence-corrected chi connectivity index (χ4v) is 5.46. The Morgan fingerprint density at radius 2 is 1.97 bits per heavy atom. The van der Waals surface area contributed by atoms with E-state index in [-0.39, 0.29) is 29.4 Å². The molecule has 2 aromatic rings. The average Bonchev–Trinajstić information content (AvgIpc) is 3.53. The number of nitrogens with zero attached hydrogens (tertiary/aromatic N) is 5. The smallest absolute Gasteiger partial charge is 0.390 e. The van der Waals surface area contributed by atoms with Crippen molar-refractivity contribution in [1.29, 1.82) is 0 Å². The predicted octanol–water partition coefficient (Wildman–Crippen LogP) is 1.82. The summed E-state index contributed by atoms with van der Waals surface area (Å²) < 4.78 is 50.5.